The molecule has 0 radical (unpaired) electrons. The Morgan fingerprint density at radius 2 is 2.26 bits per heavy atom. The zero-order chi connectivity index (χ0) is 13.7. The second-order valence-corrected chi connectivity index (χ2v) is 5.84. The third-order valence-corrected chi connectivity index (χ3v) is 4.38. The summed E-state index contributed by atoms with van der Waals surface area (Å²) in [5, 5.41) is 3.51. The van der Waals surface area contributed by atoms with Crippen LogP contribution in [0.25, 0.3) is 0 Å². The van der Waals surface area contributed by atoms with E-state index in [0.29, 0.717) is 11.9 Å². The first-order valence-electron chi connectivity index (χ1n) is 7.39. The molecule has 3 nitrogen and oxygen atoms in total. The molecule has 1 aromatic rings. The van der Waals surface area contributed by atoms with Crippen LogP contribution in [0.1, 0.15) is 38.2 Å². The van der Waals surface area contributed by atoms with Crippen molar-refractivity contribution in [3.63, 3.8) is 0 Å². The number of methoxy groups -OCH3 is 1. The Hall–Kier alpha value is -1.09. The lowest BCUT2D eigenvalue weighted by molar-refractivity contribution is 0.227. The largest absolute Gasteiger partial charge is 0.481 e. The van der Waals surface area contributed by atoms with E-state index in [4.69, 9.17) is 4.74 Å². The van der Waals surface area contributed by atoms with E-state index in [0.717, 1.165) is 18.3 Å². The van der Waals surface area contributed by atoms with E-state index < -0.39 is 0 Å². The summed E-state index contributed by atoms with van der Waals surface area (Å²) >= 11 is 0. The van der Waals surface area contributed by atoms with Gasteiger partial charge in [-0.2, -0.15) is 0 Å². The number of hydrogen-bond acceptors (Lipinski definition) is 3. The SMILES string of the molecule is CNC(Cc1ccc(OC)nc1)C1CCCC(C)C1. The summed E-state index contributed by atoms with van der Waals surface area (Å²) in [6.07, 6.45) is 8.50. The van der Waals surface area contributed by atoms with Crippen molar-refractivity contribution in [2.75, 3.05) is 14.2 Å². The Morgan fingerprint density at radius 1 is 1.42 bits per heavy atom. The van der Waals surface area contributed by atoms with Crippen LogP contribution >= 0.6 is 0 Å². The molecule has 1 aliphatic rings. The van der Waals surface area contributed by atoms with Gasteiger partial charge >= 0.3 is 0 Å². The first kappa shape index (κ1) is 14.3. The minimum absolute atomic E-state index is 0.568. The fourth-order valence-electron chi connectivity index (χ4n) is 3.26. The molecular formula is C16H26N2O. The highest BCUT2D eigenvalue weighted by Gasteiger charge is 2.25. The molecule has 0 spiro atoms. The van der Waals surface area contributed by atoms with Crippen molar-refractivity contribution in [3.8, 4) is 5.88 Å². The molecule has 3 unspecified atom stereocenters. The van der Waals surface area contributed by atoms with Gasteiger partial charge in [-0.1, -0.05) is 25.8 Å². The minimum Gasteiger partial charge on any atom is -0.481 e. The van der Waals surface area contributed by atoms with Gasteiger partial charge in [0.05, 0.1) is 7.11 Å². The molecule has 2 rings (SSSR count). The quantitative estimate of drug-likeness (QED) is 0.885. The topological polar surface area (TPSA) is 34.1 Å². The molecule has 0 saturated heterocycles. The molecule has 0 aliphatic heterocycles. The molecule has 1 fully saturated rings. The number of hydrogen-bond donors (Lipinski definition) is 1. The van der Waals surface area contributed by atoms with Crippen LogP contribution in [0, 0.1) is 11.8 Å². The molecule has 106 valence electrons. The fraction of sp³-hybridized carbons (Fsp3) is 0.688. The molecule has 19 heavy (non-hydrogen) atoms. The van der Waals surface area contributed by atoms with Crippen molar-refractivity contribution in [2.24, 2.45) is 11.8 Å². The summed E-state index contributed by atoms with van der Waals surface area (Å²) in [4.78, 5) is 4.29. The molecule has 1 N–H and O–H groups in total. The van der Waals surface area contributed by atoms with Crippen LogP contribution in [0.5, 0.6) is 5.88 Å². The smallest absolute Gasteiger partial charge is 0.212 e. The summed E-state index contributed by atoms with van der Waals surface area (Å²) in [6, 6.07) is 4.64. The summed E-state index contributed by atoms with van der Waals surface area (Å²) < 4.78 is 5.10. The lowest BCUT2D eigenvalue weighted by Gasteiger charge is -2.33. The maximum Gasteiger partial charge on any atom is 0.212 e. The lowest BCUT2D eigenvalue weighted by Crippen LogP contribution is -2.37. The van der Waals surface area contributed by atoms with Gasteiger partial charge in [0.25, 0.3) is 0 Å². The molecular weight excluding hydrogens is 236 g/mol. The van der Waals surface area contributed by atoms with Gasteiger partial charge in [0, 0.05) is 18.3 Å². The van der Waals surface area contributed by atoms with E-state index in [-0.39, 0.29) is 0 Å². The Kier molecular flexibility index (Phi) is 5.20. The van der Waals surface area contributed by atoms with Gasteiger partial charge in [0.15, 0.2) is 0 Å². The van der Waals surface area contributed by atoms with Gasteiger partial charge in [0.1, 0.15) is 0 Å². The molecule has 3 atom stereocenters. The van der Waals surface area contributed by atoms with Crippen LogP contribution < -0.4 is 10.1 Å². The van der Waals surface area contributed by atoms with Crippen LogP contribution in [0.4, 0.5) is 0 Å². The molecule has 3 heteroatoms. The van der Waals surface area contributed by atoms with E-state index in [1.165, 1.54) is 31.2 Å². The van der Waals surface area contributed by atoms with Gasteiger partial charge in [-0.15, -0.1) is 0 Å². The minimum atomic E-state index is 0.568. The predicted molar refractivity (Wildman–Crippen MR) is 78.5 cm³/mol. The van der Waals surface area contributed by atoms with Crippen molar-refractivity contribution in [3.05, 3.63) is 23.9 Å². The predicted octanol–water partition coefficient (Wildman–Crippen LogP) is 3.05. The third-order valence-electron chi connectivity index (χ3n) is 4.38. The first-order chi connectivity index (χ1) is 9.22. The highest BCUT2D eigenvalue weighted by molar-refractivity contribution is 5.18. The highest BCUT2D eigenvalue weighted by Crippen LogP contribution is 2.31. The van der Waals surface area contributed by atoms with Crippen molar-refractivity contribution < 1.29 is 4.74 Å². The van der Waals surface area contributed by atoms with E-state index in [2.05, 4.69) is 30.3 Å². The molecule has 1 saturated carbocycles. The normalized spacial score (nSPS) is 25.0. The zero-order valence-corrected chi connectivity index (χ0v) is 12.4. The first-order valence-corrected chi connectivity index (χ1v) is 7.39. The summed E-state index contributed by atoms with van der Waals surface area (Å²) in [6.45, 7) is 2.38. The maximum atomic E-state index is 5.10. The van der Waals surface area contributed by atoms with Gasteiger partial charge in [-0.25, -0.2) is 4.98 Å². The molecule has 0 aromatic carbocycles. The number of aromatic nitrogens is 1. The van der Waals surface area contributed by atoms with E-state index in [1.54, 1.807) is 7.11 Å². The number of nitrogens with one attached hydrogen (secondary N) is 1. The number of rotatable bonds is 5. The van der Waals surface area contributed by atoms with E-state index >= 15 is 0 Å². The van der Waals surface area contributed by atoms with Gasteiger partial charge in [-0.05, 0) is 43.7 Å². The highest BCUT2D eigenvalue weighted by atomic mass is 16.5. The molecule has 1 aliphatic carbocycles. The second kappa shape index (κ2) is 6.90. The van der Waals surface area contributed by atoms with Crippen LogP contribution in [0.15, 0.2) is 18.3 Å². The van der Waals surface area contributed by atoms with E-state index in [9.17, 15) is 0 Å². The Balaban J connectivity index is 1.97. The van der Waals surface area contributed by atoms with Crippen molar-refractivity contribution in [1.29, 1.82) is 0 Å². The molecule has 1 heterocycles. The van der Waals surface area contributed by atoms with Crippen LogP contribution in [-0.4, -0.2) is 25.2 Å². The van der Waals surface area contributed by atoms with Gasteiger partial charge in [0.2, 0.25) is 5.88 Å². The Morgan fingerprint density at radius 3 is 2.84 bits per heavy atom. The van der Waals surface area contributed by atoms with E-state index in [1.807, 2.05) is 12.3 Å². The van der Waals surface area contributed by atoms with Crippen molar-refractivity contribution in [2.45, 2.75) is 45.1 Å². The van der Waals surface area contributed by atoms with Crippen LogP contribution in [-0.2, 0) is 6.42 Å². The van der Waals surface area contributed by atoms with Gasteiger partial charge in [-0.3, -0.25) is 0 Å². The number of pyridine rings is 1. The molecule has 0 amide bonds. The number of ether oxygens (including phenoxy) is 1. The van der Waals surface area contributed by atoms with Crippen molar-refractivity contribution >= 4 is 0 Å². The van der Waals surface area contributed by atoms with Gasteiger partial charge < -0.3 is 10.1 Å². The van der Waals surface area contributed by atoms with Crippen molar-refractivity contribution in [1.82, 2.24) is 10.3 Å². The third kappa shape index (κ3) is 3.93. The fourth-order valence-corrected chi connectivity index (χ4v) is 3.26. The molecule has 1 aromatic heterocycles. The summed E-state index contributed by atoms with van der Waals surface area (Å²) in [5.41, 5.74) is 1.29. The zero-order valence-electron chi connectivity index (χ0n) is 12.4. The average molecular weight is 262 g/mol. The Labute approximate surface area is 116 Å². The number of nitrogens with zero attached hydrogens (tertiary/aromatic N) is 1. The lowest BCUT2D eigenvalue weighted by atomic mass is 9.77. The van der Waals surface area contributed by atoms with Crippen LogP contribution in [0.3, 0.4) is 0 Å². The standard InChI is InChI=1S/C16H26N2O/c1-12-5-4-6-14(9-12)15(17-2)10-13-7-8-16(19-3)18-11-13/h7-8,11-12,14-15,17H,4-6,9-10H2,1-3H3. The second-order valence-electron chi connectivity index (χ2n) is 5.84. The maximum absolute atomic E-state index is 5.10. The average Bonchev–Trinajstić information content (AvgIpc) is 2.45. The summed E-state index contributed by atoms with van der Waals surface area (Å²) in [5.74, 6) is 2.37. The molecule has 0 bridgehead atoms. The monoisotopic (exact) mass is 262 g/mol. The number of likely N-dealkylation sites (N-methyl/N-ethyl adjacent to an activating group) is 1. The Bertz CT molecular complexity index is 377. The van der Waals surface area contributed by atoms with Crippen LogP contribution in [0.2, 0.25) is 0 Å². The summed E-state index contributed by atoms with van der Waals surface area (Å²) in [7, 11) is 3.74.